The molecule has 5 rings (SSSR count). The topological polar surface area (TPSA) is 60.0 Å². The van der Waals surface area contributed by atoms with Crippen LogP contribution in [-0.4, -0.2) is 31.2 Å². The van der Waals surface area contributed by atoms with Crippen LogP contribution in [0.1, 0.15) is 18.9 Å². The van der Waals surface area contributed by atoms with Gasteiger partial charge in [-0.15, -0.1) is 0 Å². The van der Waals surface area contributed by atoms with E-state index in [0.29, 0.717) is 6.04 Å². The standard InChI is InChI=1S/C19H17FN6/c1-21-16-10-26-17(23-16)9-8-15(24-26)19-18(12-2-4-13(20)5-3-12)22-11-25(19)14-6-7-14/h2-5,8-11,14,21H,6-7H2,1H3. The molecule has 26 heavy (non-hydrogen) atoms. The van der Waals surface area contributed by atoms with Gasteiger partial charge in [-0.05, 0) is 49.2 Å². The van der Waals surface area contributed by atoms with Gasteiger partial charge >= 0.3 is 0 Å². The first-order chi connectivity index (χ1) is 12.7. The van der Waals surface area contributed by atoms with E-state index >= 15 is 0 Å². The van der Waals surface area contributed by atoms with Crippen molar-refractivity contribution in [3.8, 4) is 22.6 Å². The summed E-state index contributed by atoms with van der Waals surface area (Å²) in [7, 11) is 1.83. The van der Waals surface area contributed by atoms with Crippen LogP contribution in [0.5, 0.6) is 0 Å². The number of benzene rings is 1. The molecule has 0 unspecified atom stereocenters. The van der Waals surface area contributed by atoms with Gasteiger partial charge in [0.15, 0.2) is 5.65 Å². The maximum absolute atomic E-state index is 13.3. The highest BCUT2D eigenvalue weighted by atomic mass is 19.1. The zero-order valence-corrected chi connectivity index (χ0v) is 14.2. The number of nitrogens with one attached hydrogen (secondary N) is 1. The number of nitrogens with zero attached hydrogens (tertiary/aromatic N) is 5. The second kappa shape index (κ2) is 5.66. The Bertz CT molecular complexity index is 1090. The SMILES string of the molecule is CNc1cn2nc(-c3c(-c4ccc(F)cc4)ncn3C3CC3)ccc2n1. The third kappa shape index (κ3) is 2.44. The van der Waals surface area contributed by atoms with E-state index in [4.69, 9.17) is 5.10 Å². The summed E-state index contributed by atoms with van der Waals surface area (Å²) in [6, 6.07) is 10.8. The van der Waals surface area contributed by atoms with Crippen molar-refractivity contribution in [1.29, 1.82) is 0 Å². The minimum atomic E-state index is -0.255. The van der Waals surface area contributed by atoms with Crippen LogP contribution in [0, 0.1) is 5.82 Å². The summed E-state index contributed by atoms with van der Waals surface area (Å²) in [5.74, 6) is 0.513. The summed E-state index contributed by atoms with van der Waals surface area (Å²) >= 11 is 0. The molecule has 4 aromatic rings. The average molecular weight is 348 g/mol. The Morgan fingerprint density at radius 2 is 1.92 bits per heavy atom. The minimum Gasteiger partial charge on any atom is -0.372 e. The minimum absolute atomic E-state index is 0.255. The largest absolute Gasteiger partial charge is 0.372 e. The smallest absolute Gasteiger partial charge is 0.156 e. The number of anilines is 1. The number of hydrogen-bond acceptors (Lipinski definition) is 4. The van der Waals surface area contributed by atoms with Gasteiger partial charge in [0, 0.05) is 18.7 Å². The van der Waals surface area contributed by atoms with Crippen molar-refractivity contribution in [3.63, 3.8) is 0 Å². The van der Waals surface area contributed by atoms with Crippen molar-refractivity contribution < 1.29 is 4.39 Å². The van der Waals surface area contributed by atoms with E-state index in [9.17, 15) is 4.39 Å². The molecule has 1 aromatic carbocycles. The van der Waals surface area contributed by atoms with Crippen molar-refractivity contribution in [2.45, 2.75) is 18.9 Å². The zero-order chi connectivity index (χ0) is 17.7. The Morgan fingerprint density at radius 3 is 2.65 bits per heavy atom. The molecule has 1 N–H and O–H groups in total. The number of imidazole rings is 2. The van der Waals surface area contributed by atoms with Gasteiger partial charge in [0.05, 0.1) is 23.9 Å². The molecule has 0 atom stereocenters. The van der Waals surface area contributed by atoms with Gasteiger partial charge in [0.1, 0.15) is 17.3 Å². The molecule has 6 nitrogen and oxygen atoms in total. The molecule has 0 spiro atoms. The Morgan fingerprint density at radius 1 is 1.12 bits per heavy atom. The van der Waals surface area contributed by atoms with Crippen LogP contribution in [0.15, 0.2) is 48.9 Å². The van der Waals surface area contributed by atoms with Gasteiger partial charge in [0.2, 0.25) is 0 Å². The lowest BCUT2D eigenvalue weighted by atomic mass is 10.1. The molecule has 3 aromatic heterocycles. The van der Waals surface area contributed by atoms with Crippen LogP contribution >= 0.6 is 0 Å². The van der Waals surface area contributed by atoms with Crippen LogP contribution in [-0.2, 0) is 0 Å². The molecule has 1 aliphatic rings. The quantitative estimate of drug-likeness (QED) is 0.610. The third-order valence-corrected chi connectivity index (χ3v) is 4.67. The van der Waals surface area contributed by atoms with Gasteiger partial charge in [-0.2, -0.15) is 5.10 Å². The lowest BCUT2D eigenvalue weighted by molar-refractivity contribution is 0.628. The number of fused-ring (bicyclic) bond motifs is 1. The maximum atomic E-state index is 13.3. The molecule has 0 saturated heterocycles. The molecule has 1 aliphatic carbocycles. The van der Waals surface area contributed by atoms with Crippen molar-refractivity contribution in [1.82, 2.24) is 24.1 Å². The lowest BCUT2D eigenvalue weighted by Gasteiger charge is -2.09. The molecule has 0 radical (unpaired) electrons. The van der Waals surface area contributed by atoms with Crippen LogP contribution in [0.25, 0.3) is 28.3 Å². The normalized spacial score (nSPS) is 14.1. The highest BCUT2D eigenvalue weighted by molar-refractivity contribution is 5.77. The van der Waals surface area contributed by atoms with Crippen LogP contribution in [0.3, 0.4) is 0 Å². The van der Waals surface area contributed by atoms with Gasteiger partial charge in [0.25, 0.3) is 0 Å². The van der Waals surface area contributed by atoms with Crippen LogP contribution in [0.4, 0.5) is 10.2 Å². The fraction of sp³-hybridized carbons (Fsp3) is 0.211. The molecule has 1 fully saturated rings. The Balaban J connectivity index is 1.69. The first-order valence-electron chi connectivity index (χ1n) is 8.60. The number of aromatic nitrogens is 5. The summed E-state index contributed by atoms with van der Waals surface area (Å²) in [4.78, 5) is 9.06. The van der Waals surface area contributed by atoms with E-state index in [0.717, 1.165) is 47.0 Å². The van der Waals surface area contributed by atoms with Crippen molar-refractivity contribution in [2.24, 2.45) is 0 Å². The van der Waals surface area contributed by atoms with Gasteiger partial charge < -0.3 is 9.88 Å². The Hall–Kier alpha value is -3.22. The highest BCUT2D eigenvalue weighted by Gasteiger charge is 2.29. The second-order valence-corrected chi connectivity index (χ2v) is 6.48. The first kappa shape index (κ1) is 15.1. The molecular weight excluding hydrogens is 331 g/mol. The Labute approximate surface area is 149 Å². The molecule has 0 aliphatic heterocycles. The van der Waals surface area contributed by atoms with E-state index in [-0.39, 0.29) is 5.82 Å². The van der Waals surface area contributed by atoms with E-state index in [1.54, 1.807) is 16.6 Å². The molecule has 3 heterocycles. The van der Waals surface area contributed by atoms with Gasteiger partial charge in [-0.1, -0.05) is 0 Å². The Kier molecular flexibility index (Phi) is 3.28. The molecule has 1 saturated carbocycles. The fourth-order valence-electron chi connectivity index (χ4n) is 3.19. The monoisotopic (exact) mass is 348 g/mol. The van der Waals surface area contributed by atoms with E-state index < -0.39 is 0 Å². The molecule has 7 heteroatoms. The van der Waals surface area contributed by atoms with Crippen LogP contribution < -0.4 is 5.32 Å². The summed E-state index contributed by atoms with van der Waals surface area (Å²) in [5.41, 5.74) is 4.25. The van der Waals surface area contributed by atoms with Crippen molar-refractivity contribution in [2.75, 3.05) is 12.4 Å². The lowest BCUT2D eigenvalue weighted by Crippen LogP contribution is -2.00. The molecule has 0 bridgehead atoms. The van der Waals surface area contributed by atoms with Crippen LogP contribution in [0.2, 0.25) is 0 Å². The second-order valence-electron chi connectivity index (χ2n) is 6.48. The van der Waals surface area contributed by atoms with E-state index in [2.05, 4.69) is 19.9 Å². The van der Waals surface area contributed by atoms with Crippen molar-refractivity contribution in [3.05, 3.63) is 54.7 Å². The van der Waals surface area contributed by atoms with Gasteiger partial charge in [-0.25, -0.2) is 18.9 Å². The summed E-state index contributed by atoms with van der Waals surface area (Å²) in [6.07, 6.45) is 6.01. The van der Waals surface area contributed by atoms with Gasteiger partial charge in [-0.3, -0.25) is 0 Å². The zero-order valence-electron chi connectivity index (χ0n) is 14.2. The maximum Gasteiger partial charge on any atom is 0.156 e. The predicted octanol–water partition coefficient (Wildman–Crippen LogP) is 3.78. The average Bonchev–Trinajstić information content (AvgIpc) is 3.27. The first-order valence-corrected chi connectivity index (χ1v) is 8.60. The number of hydrogen-bond donors (Lipinski definition) is 1. The summed E-state index contributed by atoms with van der Waals surface area (Å²) in [6.45, 7) is 0. The third-order valence-electron chi connectivity index (χ3n) is 4.67. The van der Waals surface area contributed by atoms with E-state index in [1.807, 2.05) is 31.7 Å². The highest BCUT2D eigenvalue weighted by Crippen LogP contribution is 2.41. The molecule has 130 valence electrons. The molecular formula is C19H17FN6. The fourth-order valence-corrected chi connectivity index (χ4v) is 3.19. The predicted molar refractivity (Wildman–Crippen MR) is 97.4 cm³/mol. The summed E-state index contributed by atoms with van der Waals surface area (Å²) < 4.78 is 17.3. The number of halogens is 1. The van der Waals surface area contributed by atoms with E-state index in [1.165, 1.54) is 12.1 Å². The van der Waals surface area contributed by atoms with Crippen molar-refractivity contribution >= 4 is 11.5 Å². The summed E-state index contributed by atoms with van der Waals surface area (Å²) in [5, 5.41) is 7.77. The molecule has 0 amide bonds. The number of rotatable bonds is 4.